The highest BCUT2D eigenvalue weighted by Crippen LogP contribution is 2.25. The summed E-state index contributed by atoms with van der Waals surface area (Å²) in [6.07, 6.45) is 6.59. The normalized spacial score (nSPS) is 15.9. The predicted octanol–water partition coefficient (Wildman–Crippen LogP) is 3.14. The van der Waals surface area contributed by atoms with Crippen LogP contribution in [0, 0.1) is 0 Å². The quantitative estimate of drug-likeness (QED) is 0.443. The number of nitrogens with zero attached hydrogens (tertiary/aromatic N) is 6. The van der Waals surface area contributed by atoms with Gasteiger partial charge in [-0.05, 0) is 37.1 Å². The van der Waals surface area contributed by atoms with Gasteiger partial charge in [-0.25, -0.2) is 14.8 Å². The van der Waals surface area contributed by atoms with E-state index in [0.29, 0.717) is 23.0 Å². The fourth-order valence-electron chi connectivity index (χ4n) is 3.68. The Kier molecular flexibility index (Phi) is 5.14. The Bertz CT molecular complexity index is 1180. The predicted molar refractivity (Wildman–Crippen MR) is 112 cm³/mol. The van der Waals surface area contributed by atoms with Crippen LogP contribution in [0.3, 0.4) is 0 Å². The highest BCUT2D eigenvalue weighted by atomic mass is 16.5. The summed E-state index contributed by atoms with van der Waals surface area (Å²) in [6.45, 7) is 1.13. The second kappa shape index (κ2) is 8.39. The summed E-state index contributed by atoms with van der Waals surface area (Å²) in [7, 11) is 0. The number of pyridine rings is 1. The minimum atomic E-state index is -0.411. The standard InChI is InChI=1S/C22H20N6O3/c29-21(16-8-9-19(24-13-16)31-18-6-2-1-3-7-18)30-14-17-5-4-12-27(17)20-10-11-23-22-25-15-26-28(20)22/h1-3,6-11,13,15,17H,4-5,12,14H2/t17-/m1/s1. The lowest BCUT2D eigenvalue weighted by Crippen LogP contribution is -2.35. The number of aromatic nitrogens is 5. The Morgan fingerprint density at radius 3 is 2.81 bits per heavy atom. The molecule has 0 unspecified atom stereocenters. The summed E-state index contributed by atoms with van der Waals surface area (Å²) >= 11 is 0. The second-order valence-corrected chi connectivity index (χ2v) is 7.16. The third kappa shape index (κ3) is 4.02. The highest BCUT2D eigenvalue weighted by molar-refractivity contribution is 5.89. The number of benzene rings is 1. The molecule has 4 heterocycles. The van der Waals surface area contributed by atoms with Gasteiger partial charge in [0.1, 0.15) is 24.5 Å². The first-order valence-corrected chi connectivity index (χ1v) is 10.1. The topological polar surface area (TPSA) is 94.7 Å². The summed E-state index contributed by atoms with van der Waals surface area (Å²) in [5, 5.41) is 4.25. The fourth-order valence-corrected chi connectivity index (χ4v) is 3.68. The SMILES string of the molecule is O=C(OC[C@H]1CCCN1c1ccnc2ncnn12)c1ccc(Oc2ccccc2)nc1. The van der Waals surface area contributed by atoms with E-state index in [1.807, 2.05) is 36.4 Å². The smallest absolute Gasteiger partial charge is 0.339 e. The molecule has 0 bridgehead atoms. The van der Waals surface area contributed by atoms with Crippen LogP contribution < -0.4 is 9.64 Å². The zero-order valence-electron chi connectivity index (χ0n) is 16.7. The Morgan fingerprint density at radius 2 is 1.97 bits per heavy atom. The van der Waals surface area contributed by atoms with Gasteiger partial charge in [0.15, 0.2) is 0 Å². The first kappa shape index (κ1) is 19.0. The molecule has 156 valence electrons. The van der Waals surface area contributed by atoms with Crippen LogP contribution in [0.2, 0.25) is 0 Å². The maximum atomic E-state index is 12.5. The Labute approximate surface area is 178 Å². The molecule has 0 aliphatic carbocycles. The fraction of sp³-hybridized carbons (Fsp3) is 0.227. The van der Waals surface area contributed by atoms with E-state index in [0.717, 1.165) is 25.2 Å². The maximum Gasteiger partial charge on any atom is 0.339 e. The molecular weight excluding hydrogens is 396 g/mol. The zero-order valence-corrected chi connectivity index (χ0v) is 16.7. The molecule has 0 amide bonds. The summed E-state index contributed by atoms with van der Waals surface area (Å²) in [6, 6.07) is 14.6. The number of rotatable bonds is 6. The van der Waals surface area contributed by atoms with E-state index in [1.54, 1.807) is 22.8 Å². The van der Waals surface area contributed by atoms with Crippen molar-refractivity contribution < 1.29 is 14.3 Å². The van der Waals surface area contributed by atoms with Crippen molar-refractivity contribution >= 4 is 17.6 Å². The first-order valence-electron chi connectivity index (χ1n) is 10.1. The number of carbonyl (C=O) groups excluding carboxylic acids is 1. The number of anilines is 1. The number of fused-ring (bicyclic) bond motifs is 1. The molecule has 1 atom stereocenters. The van der Waals surface area contributed by atoms with Gasteiger partial charge in [0, 0.05) is 25.0 Å². The van der Waals surface area contributed by atoms with Gasteiger partial charge < -0.3 is 14.4 Å². The van der Waals surface area contributed by atoms with Crippen molar-refractivity contribution in [2.75, 3.05) is 18.1 Å². The van der Waals surface area contributed by atoms with Gasteiger partial charge >= 0.3 is 5.97 Å². The Morgan fingerprint density at radius 1 is 1.06 bits per heavy atom. The van der Waals surface area contributed by atoms with Crippen LogP contribution in [0.25, 0.3) is 5.78 Å². The molecule has 0 N–H and O–H groups in total. The van der Waals surface area contributed by atoms with E-state index >= 15 is 0 Å². The molecular formula is C22H20N6O3. The lowest BCUT2D eigenvalue weighted by atomic mass is 10.2. The molecule has 31 heavy (non-hydrogen) atoms. The van der Waals surface area contributed by atoms with Gasteiger partial charge in [0.05, 0.1) is 11.6 Å². The summed E-state index contributed by atoms with van der Waals surface area (Å²) < 4.78 is 13.0. The van der Waals surface area contributed by atoms with Gasteiger partial charge in [0.2, 0.25) is 5.88 Å². The number of hydrogen-bond donors (Lipinski definition) is 0. The molecule has 0 spiro atoms. The van der Waals surface area contributed by atoms with Crippen LogP contribution in [0.1, 0.15) is 23.2 Å². The summed E-state index contributed by atoms with van der Waals surface area (Å²) in [5.41, 5.74) is 0.382. The van der Waals surface area contributed by atoms with Crippen LogP contribution in [-0.4, -0.2) is 49.7 Å². The Hall–Kier alpha value is -4.01. The summed E-state index contributed by atoms with van der Waals surface area (Å²) in [4.78, 5) is 27.3. The van der Waals surface area contributed by atoms with Crippen LogP contribution >= 0.6 is 0 Å². The number of carbonyl (C=O) groups is 1. The van der Waals surface area contributed by atoms with Gasteiger partial charge in [-0.3, -0.25) is 0 Å². The minimum Gasteiger partial charge on any atom is -0.460 e. The molecule has 9 nitrogen and oxygen atoms in total. The Balaban J connectivity index is 1.22. The number of esters is 1. The van der Waals surface area contributed by atoms with E-state index in [-0.39, 0.29) is 12.6 Å². The molecule has 1 saturated heterocycles. The van der Waals surface area contributed by atoms with Gasteiger partial charge in [-0.2, -0.15) is 14.6 Å². The largest absolute Gasteiger partial charge is 0.460 e. The average molecular weight is 416 g/mol. The molecule has 5 rings (SSSR count). The first-order chi connectivity index (χ1) is 15.3. The molecule has 3 aromatic heterocycles. The van der Waals surface area contributed by atoms with Crippen LogP contribution in [0.15, 0.2) is 67.3 Å². The van der Waals surface area contributed by atoms with Gasteiger partial charge in [-0.15, -0.1) is 0 Å². The summed E-state index contributed by atoms with van der Waals surface area (Å²) in [5.74, 6) is 2.13. The molecule has 1 aromatic carbocycles. The van der Waals surface area contributed by atoms with Crippen molar-refractivity contribution in [2.24, 2.45) is 0 Å². The number of para-hydroxylation sites is 1. The van der Waals surface area contributed by atoms with E-state index in [2.05, 4.69) is 25.0 Å². The van der Waals surface area contributed by atoms with Crippen molar-refractivity contribution in [3.8, 4) is 11.6 Å². The van der Waals surface area contributed by atoms with Crippen LogP contribution in [0.5, 0.6) is 11.6 Å². The van der Waals surface area contributed by atoms with Crippen LogP contribution in [0.4, 0.5) is 5.82 Å². The lowest BCUT2D eigenvalue weighted by molar-refractivity contribution is 0.0482. The van der Waals surface area contributed by atoms with Gasteiger partial charge in [0.25, 0.3) is 5.78 Å². The molecule has 1 aliphatic heterocycles. The van der Waals surface area contributed by atoms with Gasteiger partial charge in [-0.1, -0.05) is 18.2 Å². The van der Waals surface area contributed by atoms with E-state index in [1.165, 1.54) is 12.5 Å². The van der Waals surface area contributed by atoms with Crippen molar-refractivity contribution in [3.05, 3.63) is 72.8 Å². The molecule has 1 aliphatic rings. The highest BCUT2D eigenvalue weighted by Gasteiger charge is 2.28. The molecule has 4 aromatic rings. The molecule has 1 fully saturated rings. The number of hydrogen-bond acceptors (Lipinski definition) is 8. The van der Waals surface area contributed by atoms with Crippen molar-refractivity contribution in [1.29, 1.82) is 0 Å². The average Bonchev–Trinajstić information content (AvgIpc) is 3.48. The monoisotopic (exact) mass is 416 g/mol. The third-order valence-electron chi connectivity index (χ3n) is 5.18. The van der Waals surface area contributed by atoms with E-state index in [4.69, 9.17) is 9.47 Å². The zero-order chi connectivity index (χ0) is 21.0. The third-order valence-corrected chi connectivity index (χ3v) is 5.18. The van der Waals surface area contributed by atoms with Crippen molar-refractivity contribution in [2.45, 2.75) is 18.9 Å². The minimum absolute atomic E-state index is 0.0624. The molecule has 9 heteroatoms. The van der Waals surface area contributed by atoms with E-state index in [9.17, 15) is 4.79 Å². The van der Waals surface area contributed by atoms with Crippen LogP contribution in [-0.2, 0) is 4.74 Å². The van der Waals surface area contributed by atoms with E-state index < -0.39 is 5.97 Å². The maximum absolute atomic E-state index is 12.5. The molecule has 0 radical (unpaired) electrons. The van der Waals surface area contributed by atoms with Crippen molar-refractivity contribution in [3.63, 3.8) is 0 Å². The number of ether oxygens (including phenoxy) is 2. The van der Waals surface area contributed by atoms with Crippen molar-refractivity contribution in [1.82, 2.24) is 24.6 Å². The molecule has 0 saturated carbocycles. The lowest BCUT2D eigenvalue weighted by Gasteiger charge is -2.26. The second-order valence-electron chi connectivity index (χ2n) is 7.16.